The number of nitrogens with zero attached hydrogens (tertiary/aromatic N) is 1. The van der Waals surface area contributed by atoms with Gasteiger partial charge in [0.05, 0.1) is 16.9 Å². The molecule has 8 heteroatoms. The molecule has 2 rings (SSSR count). The van der Waals surface area contributed by atoms with Crippen molar-refractivity contribution >= 4 is 69.5 Å². The molecule has 1 atom stereocenters. The maximum atomic E-state index is 12.4. The molecule has 116 valence electrons. The van der Waals surface area contributed by atoms with Gasteiger partial charge in [0.15, 0.2) is 0 Å². The number of benzene rings is 1. The molecule has 1 aliphatic rings. The molecule has 1 heterocycles. The molecule has 0 bridgehead atoms. The van der Waals surface area contributed by atoms with Crippen LogP contribution in [0.4, 0.5) is 0 Å². The van der Waals surface area contributed by atoms with Gasteiger partial charge in [0.1, 0.15) is 4.32 Å². The number of hydrogen-bond acceptors (Lipinski definition) is 5. The normalized spacial score (nSPS) is 18.1. The van der Waals surface area contributed by atoms with Crippen molar-refractivity contribution in [2.45, 2.75) is 19.4 Å². The van der Waals surface area contributed by atoms with Crippen LogP contribution in [0.5, 0.6) is 0 Å². The van der Waals surface area contributed by atoms with E-state index in [1.165, 1.54) is 6.08 Å². The predicted octanol–water partition coefficient (Wildman–Crippen LogP) is 2.72. The predicted molar refractivity (Wildman–Crippen MR) is 90.6 cm³/mol. The Kier molecular flexibility index (Phi) is 5.50. The third-order valence-corrected chi connectivity index (χ3v) is 5.06. The van der Waals surface area contributed by atoms with Gasteiger partial charge in [-0.3, -0.25) is 9.69 Å². The number of thiocarbonyl (C=S) groups is 1. The van der Waals surface area contributed by atoms with Crippen molar-refractivity contribution in [1.29, 1.82) is 0 Å². The maximum absolute atomic E-state index is 12.4. The van der Waals surface area contributed by atoms with Gasteiger partial charge >= 0.3 is 0 Å². The van der Waals surface area contributed by atoms with Crippen molar-refractivity contribution < 1.29 is 14.7 Å². The summed E-state index contributed by atoms with van der Waals surface area (Å²) >= 11 is 18.3. The highest BCUT2D eigenvalue weighted by Gasteiger charge is 2.37. The van der Waals surface area contributed by atoms with E-state index in [1.807, 2.05) is 0 Å². The zero-order valence-corrected chi connectivity index (χ0v) is 14.5. The second kappa shape index (κ2) is 7.00. The highest BCUT2D eigenvalue weighted by atomic mass is 35.5. The first-order valence-corrected chi connectivity index (χ1v) is 8.26. The molecule has 1 aliphatic heterocycles. The van der Waals surface area contributed by atoms with Crippen LogP contribution in [0, 0.1) is 0 Å². The fraction of sp³-hybridized carbons (Fsp3) is 0.214. The van der Waals surface area contributed by atoms with Crippen LogP contribution in [-0.4, -0.2) is 27.1 Å². The second-order valence-electron chi connectivity index (χ2n) is 4.43. The Labute approximate surface area is 147 Å². The molecular weight excluding hydrogens is 365 g/mol. The minimum Gasteiger partial charge on any atom is -0.548 e. The van der Waals surface area contributed by atoms with Crippen LogP contribution in [0.25, 0.3) is 6.08 Å². The van der Waals surface area contributed by atoms with Crippen LogP contribution < -0.4 is 5.11 Å². The van der Waals surface area contributed by atoms with Crippen LogP contribution in [0.1, 0.15) is 18.9 Å². The average molecular weight is 375 g/mol. The Morgan fingerprint density at radius 1 is 1.45 bits per heavy atom. The van der Waals surface area contributed by atoms with E-state index in [0.717, 1.165) is 16.7 Å². The molecule has 0 aliphatic carbocycles. The van der Waals surface area contributed by atoms with Gasteiger partial charge in [0.25, 0.3) is 5.91 Å². The summed E-state index contributed by atoms with van der Waals surface area (Å²) in [6.45, 7) is 1.65. The summed E-state index contributed by atoms with van der Waals surface area (Å²) in [5.74, 6) is -1.82. The Bertz CT molecular complexity index is 670. The zero-order valence-electron chi connectivity index (χ0n) is 11.3. The number of aliphatic carboxylic acids is 1. The smallest absolute Gasteiger partial charge is 0.266 e. The van der Waals surface area contributed by atoms with Gasteiger partial charge in [-0.05, 0) is 24.6 Å². The number of hydrogen-bond donors (Lipinski definition) is 0. The molecular formula is C14H10Cl2NO3S2-. The van der Waals surface area contributed by atoms with Crippen molar-refractivity contribution in [2.24, 2.45) is 0 Å². The molecule has 1 amide bonds. The summed E-state index contributed by atoms with van der Waals surface area (Å²) in [6, 6.07) is 3.91. The van der Waals surface area contributed by atoms with Gasteiger partial charge in [-0.25, -0.2) is 0 Å². The van der Waals surface area contributed by atoms with Gasteiger partial charge in [-0.15, -0.1) is 0 Å². The number of rotatable bonds is 4. The summed E-state index contributed by atoms with van der Waals surface area (Å²) < 4.78 is 0.176. The van der Waals surface area contributed by atoms with E-state index >= 15 is 0 Å². The number of thioether (sulfide) groups is 1. The van der Waals surface area contributed by atoms with Crippen LogP contribution >= 0.6 is 47.2 Å². The summed E-state index contributed by atoms with van der Waals surface area (Å²) in [5, 5.41) is 11.9. The number of carboxylic acid groups (broad SMARTS) is 1. The lowest BCUT2D eigenvalue weighted by molar-refractivity contribution is -0.310. The largest absolute Gasteiger partial charge is 0.548 e. The van der Waals surface area contributed by atoms with E-state index < -0.39 is 17.9 Å². The number of carbonyl (C=O) groups is 2. The van der Waals surface area contributed by atoms with E-state index in [-0.39, 0.29) is 15.6 Å². The molecule has 4 nitrogen and oxygen atoms in total. The number of amides is 1. The first kappa shape index (κ1) is 17.3. The topological polar surface area (TPSA) is 60.4 Å². The number of carbonyl (C=O) groups excluding carboxylic acids is 2. The van der Waals surface area contributed by atoms with Gasteiger partial charge in [-0.1, -0.05) is 60.2 Å². The molecule has 1 aromatic carbocycles. The Hall–Kier alpha value is -1.08. The van der Waals surface area contributed by atoms with Crippen molar-refractivity contribution in [3.05, 3.63) is 38.7 Å². The first-order chi connectivity index (χ1) is 10.4. The molecule has 0 saturated carbocycles. The van der Waals surface area contributed by atoms with Crippen molar-refractivity contribution in [3.63, 3.8) is 0 Å². The van der Waals surface area contributed by atoms with Crippen molar-refractivity contribution in [3.8, 4) is 0 Å². The maximum Gasteiger partial charge on any atom is 0.266 e. The molecule has 0 N–H and O–H groups in total. The average Bonchev–Trinajstić information content (AvgIpc) is 2.71. The van der Waals surface area contributed by atoms with Gasteiger partial charge in [-0.2, -0.15) is 0 Å². The van der Waals surface area contributed by atoms with Crippen LogP contribution in [0.2, 0.25) is 10.0 Å². The van der Waals surface area contributed by atoms with Gasteiger partial charge < -0.3 is 9.90 Å². The summed E-state index contributed by atoms with van der Waals surface area (Å²) in [6.07, 6.45) is 1.72. The third kappa shape index (κ3) is 3.30. The fourth-order valence-electron chi connectivity index (χ4n) is 1.98. The van der Waals surface area contributed by atoms with Gasteiger partial charge in [0, 0.05) is 15.6 Å². The van der Waals surface area contributed by atoms with E-state index in [2.05, 4.69) is 0 Å². The van der Waals surface area contributed by atoms with Crippen LogP contribution in [0.15, 0.2) is 23.1 Å². The molecule has 0 radical (unpaired) electrons. The Balaban J connectivity index is 2.40. The summed E-state index contributed by atoms with van der Waals surface area (Å²) in [7, 11) is 0. The fourth-order valence-corrected chi connectivity index (χ4v) is 3.83. The standard InChI is InChI=1S/C14H11Cl2NO3S2/c1-2-10(13(19)20)17-12(18)11(22-14(17)21)6-7-8(15)4-3-5-9(7)16/h3-6,10H,2H2,1H3,(H,19,20)/p-1/b11-6-/t10-/m0/s1. The van der Waals surface area contributed by atoms with Gasteiger partial charge in [0.2, 0.25) is 0 Å². The molecule has 0 unspecified atom stereocenters. The summed E-state index contributed by atoms with van der Waals surface area (Å²) in [4.78, 5) is 24.9. The van der Waals surface area contributed by atoms with Crippen molar-refractivity contribution in [2.75, 3.05) is 0 Å². The highest BCUT2D eigenvalue weighted by molar-refractivity contribution is 8.26. The van der Waals surface area contributed by atoms with E-state index in [0.29, 0.717) is 15.6 Å². The zero-order chi connectivity index (χ0) is 16.4. The quantitative estimate of drug-likeness (QED) is 0.598. The van der Waals surface area contributed by atoms with Crippen LogP contribution in [-0.2, 0) is 9.59 Å². The SMILES string of the molecule is CC[C@@H](C(=O)[O-])N1C(=O)/C(=C/c2c(Cl)cccc2Cl)SC1=S. The highest BCUT2D eigenvalue weighted by Crippen LogP contribution is 2.36. The molecule has 0 spiro atoms. The van der Waals surface area contributed by atoms with Crippen LogP contribution in [0.3, 0.4) is 0 Å². The molecule has 0 aromatic heterocycles. The Morgan fingerprint density at radius 2 is 2.05 bits per heavy atom. The monoisotopic (exact) mass is 374 g/mol. The minimum absolute atomic E-state index is 0.176. The summed E-state index contributed by atoms with van der Waals surface area (Å²) in [5.41, 5.74) is 0.493. The van der Waals surface area contributed by atoms with E-state index in [9.17, 15) is 14.7 Å². The lowest BCUT2D eigenvalue weighted by Gasteiger charge is -2.26. The lowest BCUT2D eigenvalue weighted by Crippen LogP contribution is -2.49. The molecule has 1 aromatic rings. The second-order valence-corrected chi connectivity index (χ2v) is 6.92. The van der Waals surface area contributed by atoms with Crippen molar-refractivity contribution in [1.82, 2.24) is 4.90 Å². The Morgan fingerprint density at radius 3 is 2.55 bits per heavy atom. The third-order valence-electron chi connectivity index (χ3n) is 3.07. The van der Waals surface area contributed by atoms with E-state index in [4.69, 9.17) is 35.4 Å². The number of halogens is 2. The molecule has 1 saturated heterocycles. The molecule has 22 heavy (non-hydrogen) atoms. The number of carboxylic acids is 1. The molecule has 1 fully saturated rings. The minimum atomic E-state index is -1.34. The lowest BCUT2D eigenvalue weighted by atomic mass is 10.1. The first-order valence-electron chi connectivity index (χ1n) is 6.28. The van der Waals surface area contributed by atoms with E-state index in [1.54, 1.807) is 25.1 Å².